The first kappa shape index (κ1) is 12.5. The largest absolute Gasteiger partial charge is 0.388 e. The zero-order valence-electron chi connectivity index (χ0n) is 9.00. The summed E-state index contributed by atoms with van der Waals surface area (Å²) in [6, 6.07) is 4.45. The first-order valence-electron chi connectivity index (χ1n) is 5.14. The van der Waals surface area contributed by atoms with Gasteiger partial charge in [0.2, 0.25) is 0 Å². The average molecular weight is 231 g/mol. The quantitative estimate of drug-likeness (QED) is 0.831. The zero-order chi connectivity index (χ0) is 11.4. The van der Waals surface area contributed by atoms with Gasteiger partial charge in [0, 0.05) is 10.6 Å². The Kier molecular flexibility index (Phi) is 4.55. The predicted octanol–water partition coefficient (Wildman–Crippen LogP) is 3.95. The van der Waals surface area contributed by atoms with E-state index >= 15 is 0 Å². The van der Waals surface area contributed by atoms with Gasteiger partial charge < -0.3 is 5.11 Å². The highest BCUT2D eigenvalue weighted by Gasteiger charge is 2.16. The van der Waals surface area contributed by atoms with Crippen LogP contribution in [0.1, 0.15) is 38.4 Å². The fourth-order valence-electron chi connectivity index (χ4n) is 1.46. The van der Waals surface area contributed by atoms with Crippen LogP contribution in [0.5, 0.6) is 0 Å². The van der Waals surface area contributed by atoms with Gasteiger partial charge in [0.1, 0.15) is 5.82 Å². The molecular formula is C12H16ClFO. The van der Waals surface area contributed by atoms with Crippen molar-refractivity contribution in [1.29, 1.82) is 0 Å². The number of benzene rings is 1. The van der Waals surface area contributed by atoms with Crippen LogP contribution in [0.25, 0.3) is 0 Å². The molecule has 0 bridgehead atoms. The number of aliphatic hydroxyl groups is 1. The Bertz CT molecular complexity index is 305. The van der Waals surface area contributed by atoms with Gasteiger partial charge in [-0.1, -0.05) is 31.5 Å². The summed E-state index contributed by atoms with van der Waals surface area (Å²) >= 11 is 5.84. The highest BCUT2D eigenvalue weighted by molar-refractivity contribution is 6.31. The van der Waals surface area contributed by atoms with Crippen molar-refractivity contribution in [2.45, 2.75) is 32.8 Å². The molecule has 1 nitrogen and oxygen atoms in total. The molecule has 1 aromatic carbocycles. The predicted molar refractivity (Wildman–Crippen MR) is 60.4 cm³/mol. The molecular weight excluding hydrogens is 215 g/mol. The molecule has 1 N–H and O–H groups in total. The van der Waals surface area contributed by atoms with Crippen LogP contribution < -0.4 is 0 Å². The highest BCUT2D eigenvalue weighted by atomic mass is 35.5. The van der Waals surface area contributed by atoms with Gasteiger partial charge in [0.25, 0.3) is 0 Å². The van der Waals surface area contributed by atoms with E-state index in [1.165, 1.54) is 12.1 Å². The summed E-state index contributed by atoms with van der Waals surface area (Å²) in [5, 5.41) is 10.1. The minimum absolute atomic E-state index is 0.222. The normalized spacial score (nSPS) is 13.2. The first-order valence-corrected chi connectivity index (χ1v) is 5.52. The fourth-order valence-corrected chi connectivity index (χ4v) is 1.75. The smallest absolute Gasteiger partial charge is 0.130 e. The molecule has 0 aromatic heterocycles. The summed E-state index contributed by atoms with van der Waals surface area (Å²) in [6.45, 7) is 4.13. The van der Waals surface area contributed by atoms with Gasteiger partial charge in [-0.25, -0.2) is 4.39 Å². The van der Waals surface area contributed by atoms with Crippen molar-refractivity contribution >= 4 is 11.6 Å². The fraction of sp³-hybridized carbons (Fsp3) is 0.500. The Hall–Kier alpha value is -0.600. The van der Waals surface area contributed by atoms with Crippen molar-refractivity contribution in [3.8, 4) is 0 Å². The maximum Gasteiger partial charge on any atom is 0.130 e. The minimum Gasteiger partial charge on any atom is -0.388 e. The number of aliphatic hydroxyl groups excluding tert-OH is 1. The van der Waals surface area contributed by atoms with E-state index in [0.29, 0.717) is 17.4 Å². The van der Waals surface area contributed by atoms with Crippen molar-refractivity contribution in [1.82, 2.24) is 0 Å². The van der Waals surface area contributed by atoms with E-state index in [1.54, 1.807) is 6.07 Å². The molecule has 15 heavy (non-hydrogen) atoms. The van der Waals surface area contributed by atoms with Gasteiger partial charge in [-0.2, -0.15) is 0 Å². The standard InChI is InChI=1S/C12H16ClFO/c1-8(2)6-7-11(15)12-9(13)4-3-5-10(12)14/h3-5,8,11,15H,6-7H2,1-2H3. The Morgan fingerprint density at radius 1 is 1.33 bits per heavy atom. The molecule has 0 spiro atoms. The van der Waals surface area contributed by atoms with Gasteiger partial charge >= 0.3 is 0 Å². The zero-order valence-corrected chi connectivity index (χ0v) is 9.76. The summed E-state index contributed by atoms with van der Waals surface area (Å²) in [4.78, 5) is 0. The summed E-state index contributed by atoms with van der Waals surface area (Å²) in [5.74, 6) is 0.0592. The molecule has 0 amide bonds. The van der Waals surface area contributed by atoms with Gasteiger partial charge in [-0.05, 0) is 30.9 Å². The molecule has 0 saturated heterocycles. The van der Waals surface area contributed by atoms with Crippen LogP contribution in [0.4, 0.5) is 4.39 Å². The molecule has 0 saturated carbocycles. The lowest BCUT2D eigenvalue weighted by Gasteiger charge is -2.14. The third kappa shape index (κ3) is 3.47. The van der Waals surface area contributed by atoms with Gasteiger partial charge in [-0.3, -0.25) is 0 Å². The average Bonchev–Trinajstić information content (AvgIpc) is 2.14. The summed E-state index contributed by atoms with van der Waals surface area (Å²) in [5.41, 5.74) is 0.222. The number of hydrogen-bond donors (Lipinski definition) is 1. The Morgan fingerprint density at radius 3 is 2.53 bits per heavy atom. The van der Waals surface area contributed by atoms with E-state index in [1.807, 2.05) is 0 Å². The molecule has 0 fully saturated rings. The van der Waals surface area contributed by atoms with Crippen molar-refractivity contribution in [3.05, 3.63) is 34.6 Å². The maximum atomic E-state index is 13.4. The monoisotopic (exact) mass is 230 g/mol. The van der Waals surface area contributed by atoms with Gasteiger partial charge in [0.05, 0.1) is 6.10 Å². The summed E-state index contributed by atoms with van der Waals surface area (Å²) in [7, 11) is 0. The lowest BCUT2D eigenvalue weighted by Crippen LogP contribution is -2.03. The van der Waals surface area contributed by atoms with Gasteiger partial charge in [-0.15, -0.1) is 0 Å². The molecule has 3 heteroatoms. The van der Waals surface area contributed by atoms with Crippen molar-refractivity contribution in [2.24, 2.45) is 5.92 Å². The Balaban J connectivity index is 2.77. The molecule has 0 aliphatic carbocycles. The molecule has 0 heterocycles. The third-order valence-corrected chi connectivity index (χ3v) is 2.68. The Morgan fingerprint density at radius 2 is 2.00 bits per heavy atom. The van der Waals surface area contributed by atoms with E-state index in [2.05, 4.69) is 13.8 Å². The highest BCUT2D eigenvalue weighted by Crippen LogP contribution is 2.29. The lowest BCUT2D eigenvalue weighted by atomic mass is 9.99. The second-order valence-electron chi connectivity index (χ2n) is 4.12. The molecule has 0 aliphatic rings. The molecule has 0 aliphatic heterocycles. The molecule has 1 unspecified atom stereocenters. The van der Waals surface area contributed by atoms with Crippen molar-refractivity contribution in [2.75, 3.05) is 0 Å². The van der Waals surface area contributed by atoms with Crippen LogP contribution >= 0.6 is 11.6 Å². The molecule has 0 radical (unpaired) electrons. The molecule has 84 valence electrons. The van der Waals surface area contributed by atoms with E-state index in [-0.39, 0.29) is 5.56 Å². The maximum absolute atomic E-state index is 13.4. The van der Waals surface area contributed by atoms with E-state index < -0.39 is 11.9 Å². The minimum atomic E-state index is -0.805. The molecule has 1 atom stereocenters. The van der Waals surface area contributed by atoms with Crippen LogP contribution in [0, 0.1) is 11.7 Å². The molecule has 1 rings (SSSR count). The van der Waals surface area contributed by atoms with Crippen molar-refractivity contribution in [3.63, 3.8) is 0 Å². The SMILES string of the molecule is CC(C)CCC(O)c1c(F)cccc1Cl. The van der Waals surface area contributed by atoms with Crippen LogP contribution in [0.3, 0.4) is 0 Å². The van der Waals surface area contributed by atoms with E-state index in [0.717, 1.165) is 6.42 Å². The van der Waals surface area contributed by atoms with Crippen molar-refractivity contribution < 1.29 is 9.50 Å². The number of halogens is 2. The summed E-state index contributed by atoms with van der Waals surface area (Å²) in [6.07, 6.45) is 0.588. The Labute approximate surface area is 94.9 Å². The lowest BCUT2D eigenvalue weighted by molar-refractivity contribution is 0.155. The number of hydrogen-bond acceptors (Lipinski definition) is 1. The van der Waals surface area contributed by atoms with Crippen LogP contribution in [0.15, 0.2) is 18.2 Å². The summed E-state index contributed by atoms with van der Waals surface area (Å²) < 4.78 is 13.4. The second kappa shape index (κ2) is 5.47. The topological polar surface area (TPSA) is 20.2 Å². The van der Waals surface area contributed by atoms with Crippen LogP contribution in [-0.4, -0.2) is 5.11 Å². The van der Waals surface area contributed by atoms with Crippen LogP contribution in [-0.2, 0) is 0 Å². The second-order valence-corrected chi connectivity index (χ2v) is 4.53. The van der Waals surface area contributed by atoms with Gasteiger partial charge in [0.15, 0.2) is 0 Å². The first-order chi connectivity index (χ1) is 7.02. The van der Waals surface area contributed by atoms with Crippen LogP contribution in [0.2, 0.25) is 5.02 Å². The van der Waals surface area contributed by atoms with E-state index in [4.69, 9.17) is 11.6 Å². The molecule has 1 aromatic rings. The van der Waals surface area contributed by atoms with E-state index in [9.17, 15) is 9.50 Å². The number of rotatable bonds is 4. The third-order valence-electron chi connectivity index (χ3n) is 2.35.